The van der Waals surface area contributed by atoms with Gasteiger partial charge in [-0.2, -0.15) is 5.26 Å². The van der Waals surface area contributed by atoms with E-state index in [1.165, 1.54) is 0 Å². The van der Waals surface area contributed by atoms with E-state index in [0.717, 1.165) is 31.7 Å². The van der Waals surface area contributed by atoms with Crippen LogP contribution in [0, 0.1) is 11.3 Å². The van der Waals surface area contributed by atoms with Crippen molar-refractivity contribution >= 4 is 11.6 Å². The largest absolute Gasteiger partial charge is 0.506 e. The molecule has 0 unspecified atom stereocenters. The zero-order valence-electron chi connectivity index (χ0n) is 10.1. The van der Waals surface area contributed by atoms with Gasteiger partial charge in [-0.05, 0) is 17.7 Å². The molecule has 2 N–H and O–H groups in total. The highest BCUT2D eigenvalue weighted by Gasteiger charge is 2.22. The van der Waals surface area contributed by atoms with Crippen molar-refractivity contribution in [1.29, 1.82) is 5.26 Å². The van der Waals surface area contributed by atoms with Gasteiger partial charge >= 0.3 is 0 Å². The number of phenolic OH excluding ortho intramolecular Hbond substituents is 1. The molecule has 1 atom stereocenters. The summed E-state index contributed by atoms with van der Waals surface area (Å²) < 4.78 is 0. The van der Waals surface area contributed by atoms with Crippen molar-refractivity contribution in [2.45, 2.75) is 12.5 Å². The molecule has 0 aromatic heterocycles. The summed E-state index contributed by atoms with van der Waals surface area (Å²) in [6, 6.07) is 7.46. The molecule has 96 valence electrons. The third-order valence-electron chi connectivity index (χ3n) is 3.23. The van der Waals surface area contributed by atoms with E-state index in [0.29, 0.717) is 11.4 Å². The number of nitrogens with zero attached hydrogens (tertiary/aromatic N) is 2. The van der Waals surface area contributed by atoms with Gasteiger partial charge in [-0.15, -0.1) is 0 Å². The first-order valence-electron chi connectivity index (χ1n) is 6.02. The van der Waals surface area contributed by atoms with Gasteiger partial charge in [0.1, 0.15) is 5.75 Å². The maximum Gasteiger partial charge on any atom is 0.134 e. The molecule has 0 radical (unpaired) electrons. The van der Waals surface area contributed by atoms with Gasteiger partial charge in [0.25, 0.3) is 0 Å². The minimum absolute atomic E-state index is 0.0511. The second-order valence-corrected chi connectivity index (χ2v) is 4.78. The number of rotatable bonds is 3. The molecule has 0 bridgehead atoms. The lowest BCUT2D eigenvalue weighted by molar-refractivity contribution is 0.175. The molecule has 0 aliphatic carbocycles. The second-order valence-electron chi connectivity index (χ2n) is 4.37. The first-order valence-corrected chi connectivity index (χ1v) is 6.40. The summed E-state index contributed by atoms with van der Waals surface area (Å²) in [4.78, 5) is 2.28. The summed E-state index contributed by atoms with van der Waals surface area (Å²) in [5.74, 6) is 0.0800. The number of nitrogens with one attached hydrogen (secondary N) is 1. The Balaban J connectivity index is 2.22. The van der Waals surface area contributed by atoms with E-state index in [-0.39, 0.29) is 11.8 Å². The van der Waals surface area contributed by atoms with Crippen LogP contribution in [0.4, 0.5) is 0 Å². The van der Waals surface area contributed by atoms with Crippen LogP contribution < -0.4 is 5.32 Å². The molecule has 18 heavy (non-hydrogen) atoms. The van der Waals surface area contributed by atoms with Gasteiger partial charge in [0.05, 0.1) is 17.5 Å². The summed E-state index contributed by atoms with van der Waals surface area (Å²) in [6.45, 7) is 3.72. The topological polar surface area (TPSA) is 59.3 Å². The molecule has 1 fully saturated rings. The average molecular weight is 266 g/mol. The fraction of sp³-hybridized carbons (Fsp3) is 0.462. The lowest BCUT2D eigenvalue weighted by Gasteiger charge is -2.34. The van der Waals surface area contributed by atoms with Crippen LogP contribution in [0.5, 0.6) is 5.75 Å². The first kappa shape index (κ1) is 13.2. The third-order valence-corrected chi connectivity index (χ3v) is 3.54. The smallest absolute Gasteiger partial charge is 0.134 e. The Bertz CT molecular complexity index is 452. The monoisotopic (exact) mass is 265 g/mol. The van der Waals surface area contributed by atoms with Crippen molar-refractivity contribution < 1.29 is 5.11 Å². The van der Waals surface area contributed by atoms with Crippen LogP contribution in [-0.2, 0) is 0 Å². The van der Waals surface area contributed by atoms with Crippen LogP contribution in [0.3, 0.4) is 0 Å². The van der Waals surface area contributed by atoms with Gasteiger partial charge in [-0.25, -0.2) is 0 Å². The van der Waals surface area contributed by atoms with E-state index in [4.69, 9.17) is 16.9 Å². The van der Waals surface area contributed by atoms with Gasteiger partial charge in [0.2, 0.25) is 0 Å². The van der Waals surface area contributed by atoms with Gasteiger partial charge in [0.15, 0.2) is 0 Å². The predicted octanol–water partition coefficient (Wildman–Crippen LogP) is 1.91. The fourth-order valence-corrected chi connectivity index (χ4v) is 2.46. The Kier molecular flexibility index (Phi) is 4.43. The molecule has 2 rings (SSSR count). The molecule has 1 aliphatic rings. The van der Waals surface area contributed by atoms with E-state index in [1.54, 1.807) is 12.1 Å². The minimum Gasteiger partial charge on any atom is -0.506 e. The summed E-state index contributed by atoms with van der Waals surface area (Å²) in [5.41, 5.74) is 0.987. The van der Waals surface area contributed by atoms with Gasteiger partial charge in [0, 0.05) is 32.2 Å². The lowest BCUT2D eigenvalue weighted by Crippen LogP contribution is -2.45. The van der Waals surface area contributed by atoms with Crippen molar-refractivity contribution in [3.05, 3.63) is 28.8 Å². The SMILES string of the molecule is N#CC[C@H](c1ccc(O)c(Cl)c1)N1CCNCC1. The molecule has 0 saturated carbocycles. The maximum atomic E-state index is 9.45. The number of nitriles is 1. The van der Waals surface area contributed by atoms with Crippen molar-refractivity contribution in [3.8, 4) is 11.8 Å². The van der Waals surface area contributed by atoms with E-state index < -0.39 is 0 Å². The average Bonchev–Trinajstić information content (AvgIpc) is 2.40. The molecule has 4 nitrogen and oxygen atoms in total. The summed E-state index contributed by atoms with van der Waals surface area (Å²) in [7, 11) is 0. The Morgan fingerprint density at radius 2 is 2.17 bits per heavy atom. The molecule has 1 aromatic carbocycles. The van der Waals surface area contributed by atoms with Crippen molar-refractivity contribution in [1.82, 2.24) is 10.2 Å². The van der Waals surface area contributed by atoms with Crippen LogP contribution >= 0.6 is 11.6 Å². The molecular formula is C13H16ClN3O. The molecule has 1 heterocycles. The quantitative estimate of drug-likeness (QED) is 0.877. The highest BCUT2D eigenvalue weighted by atomic mass is 35.5. The van der Waals surface area contributed by atoms with Crippen LogP contribution in [-0.4, -0.2) is 36.2 Å². The number of hydrogen-bond donors (Lipinski definition) is 2. The third kappa shape index (κ3) is 2.94. The molecule has 5 heteroatoms. The zero-order valence-corrected chi connectivity index (χ0v) is 10.8. The molecular weight excluding hydrogens is 250 g/mol. The van der Waals surface area contributed by atoms with E-state index in [2.05, 4.69) is 16.3 Å². The normalized spacial score (nSPS) is 18.2. The lowest BCUT2D eigenvalue weighted by atomic mass is 10.0. The minimum atomic E-state index is 0.0511. The Morgan fingerprint density at radius 1 is 1.44 bits per heavy atom. The molecule has 1 aliphatic heterocycles. The van der Waals surface area contributed by atoms with E-state index >= 15 is 0 Å². The summed E-state index contributed by atoms with van der Waals surface area (Å²) >= 11 is 5.93. The second kappa shape index (κ2) is 6.05. The highest BCUT2D eigenvalue weighted by molar-refractivity contribution is 6.32. The summed E-state index contributed by atoms with van der Waals surface area (Å²) in [5, 5.41) is 22.1. The number of phenols is 1. The van der Waals surface area contributed by atoms with Crippen LogP contribution in [0.1, 0.15) is 18.0 Å². The Hall–Kier alpha value is -1.28. The molecule has 1 aromatic rings. The highest BCUT2D eigenvalue weighted by Crippen LogP contribution is 2.30. The standard InChI is InChI=1S/C13H16ClN3O/c14-11-9-10(1-2-13(11)18)12(3-4-15)17-7-5-16-6-8-17/h1-2,9,12,16,18H,3,5-8H2/t12-/m1/s1. The van der Waals surface area contributed by atoms with E-state index in [1.807, 2.05) is 6.07 Å². The maximum absolute atomic E-state index is 9.45. The molecule has 1 saturated heterocycles. The Morgan fingerprint density at radius 3 is 2.78 bits per heavy atom. The van der Waals surface area contributed by atoms with Gasteiger partial charge in [-0.3, -0.25) is 4.90 Å². The van der Waals surface area contributed by atoms with Crippen molar-refractivity contribution in [3.63, 3.8) is 0 Å². The number of piperazine rings is 1. The van der Waals surface area contributed by atoms with Crippen molar-refractivity contribution in [2.75, 3.05) is 26.2 Å². The van der Waals surface area contributed by atoms with Crippen molar-refractivity contribution in [2.24, 2.45) is 0 Å². The number of halogens is 1. The number of hydrogen-bond acceptors (Lipinski definition) is 4. The molecule has 0 spiro atoms. The van der Waals surface area contributed by atoms with E-state index in [9.17, 15) is 5.11 Å². The zero-order chi connectivity index (χ0) is 13.0. The fourth-order valence-electron chi connectivity index (χ4n) is 2.27. The Labute approximate surface area is 112 Å². The van der Waals surface area contributed by atoms with Crippen LogP contribution in [0.2, 0.25) is 5.02 Å². The van der Waals surface area contributed by atoms with Gasteiger partial charge < -0.3 is 10.4 Å². The first-order chi connectivity index (χ1) is 8.72. The van der Waals surface area contributed by atoms with Crippen LogP contribution in [0.15, 0.2) is 18.2 Å². The number of benzene rings is 1. The molecule has 0 amide bonds. The number of aromatic hydroxyl groups is 1. The van der Waals surface area contributed by atoms with Crippen LogP contribution in [0.25, 0.3) is 0 Å². The van der Waals surface area contributed by atoms with Gasteiger partial charge in [-0.1, -0.05) is 17.7 Å². The predicted molar refractivity (Wildman–Crippen MR) is 70.5 cm³/mol. The summed E-state index contributed by atoms with van der Waals surface area (Å²) in [6.07, 6.45) is 0.432.